The summed E-state index contributed by atoms with van der Waals surface area (Å²) in [5, 5.41) is 1.05. The Morgan fingerprint density at radius 2 is 2.08 bits per heavy atom. The molecule has 5 nitrogen and oxygen atoms in total. The maximum atomic E-state index is 12.9. The van der Waals surface area contributed by atoms with Gasteiger partial charge in [-0.3, -0.25) is 4.79 Å². The number of thiazole rings is 1. The lowest BCUT2D eigenvalue weighted by atomic mass is 10.1. The molecular formula is C20H27N3O2S. The molecule has 0 fully saturated rings. The Labute approximate surface area is 159 Å². The molecule has 1 aromatic heterocycles. The van der Waals surface area contributed by atoms with Crippen LogP contribution in [0.4, 0.5) is 5.69 Å². The SMILES string of the molecule is CCC1Oc2ccc(-c3nc(C)sc3C)cc2N(CCCN(C)C)C1=O. The zero-order chi connectivity index (χ0) is 18.8. The van der Waals surface area contributed by atoms with Crippen LogP contribution in [0.3, 0.4) is 0 Å². The highest BCUT2D eigenvalue weighted by atomic mass is 32.1. The van der Waals surface area contributed by atoms with Gasteiger partial charge in [0.15, 0.2) is 6.10 Å². The van der Waals surface area contributed by atoms with Gasteiger partial charge in [-0.2, -0.15) is 0 Å². The second-order valence-electron chi connectivity index (χ2n) is 6.98. The minimum Gasteiger partial charge on any atom is -0.478 e. The fourth-order valence-corrected chi connectivity index (χ4v) is 4.14. The van der Waals surface area contributed by atoms with Crippen molar-refractivity contribution < 1.29 is 9.53 Å². The van der Waals surface area contributed by atoms with Crippen LogP contribution in [0.15, 0.2) is 18.2 Å². The van der Waals surface area contributed by atoms with Crippen molar-refractivity contribution in [3.05, 3.63) is 28.1 Å². The van der Waals surface area contributed by atoms with Gasteiger partial charge in [-0.15, -0.1) is 11.3 Å². The zero-order valence-electron chi connectivity index (χ0n) is 16.2. The first-order valence-electron chi connectivity index (χ1n) is 9.12. The normalized spacial score (nSPS) is 16.8. The predicted molar refractivity (Wildman–Crippen MR) is 107 cm³/mol. The third kappa shape index (κ3) is 3.76. The van der Waals surface area contributed by atoms with Gasteiger partial charge in [0.2, 0.25) is 0 Å². The molecular weight excluding hydrogens is 346 g/mol. The molecule has 0 saturated heterocycles. The van der Waals surface area contributed by atoms with Crippen molar-refractivity contribution in [2.24, 2.45) is 0 Å². The number of fused-ring (bicyclic) bond motifs is 1. The van der Waals surface area contributed by atoms with Gasteiger partial charge in [-0.05, 0) is 65.5 Å². The standard InChI is InChI=1S/C20H27N3O2S/c1-6-17-20(24)23(11-7-10-22(4)5)16-12-15(8-9-18(16)25-17)19-13(2)26-14(3)21-19/h8-9,12,17H,6-7,10-11H2,1-5H3. The molecule has 2 heterocycles. The van der Waals surface area contributed by atoms with Crippen molar-refractivity contribution in [3.8, 4) is 17.0 Å². The molecule has 0 bridgehead atoms. The van der Waals surface area contributed by atoms with Crippen molar-refractivity contribution in [1.82, 2.24) is 9.88 Å². The molecule has 1 aliphatic heterocycles. The van der Waals surface area contributed by atoms with Crippen molar-refractivity contribution >= 4 is 22.9 Å². The fraction of sp³-hybridized carbons (Fsp3) is 0.500. The van der Waals surface area contributed by atoms with E-state index in [1.165, 1.54) is 4.88 Å². The Morgan fingerprint density at radius 1 is 1.31 bits per heavy atom. The van der Waals surface area contributed by atoms with Crippen LogP contribution in [0.25, 0.3) is 11.3 Å². The van der Waals surface area contributed by atoms with Gasteiger partial charge < -0.3 is 14.5 Å². The third-order valence-electron chi connectivity index (χ3n) is 4.60. The Kier molecular flexibility index (Phi) is 5.63. The van der Waals surface area contributed by atoms with Gasteiger partial charge in [0, 0.05) is 17.0 Å². The minimum absolute atomic E-state index is 0.0575. The molecule has 3 rings (SSSR count). The van der Waals surface area contributed by atoms with Crippen LogP contribution in [0.5, 0.6) is 5.75 Å². The quantitative estimate of drug-likeness (QED) is 0.771. The van der Waals surface area contributed by atoms with E-state index >= 15 is 0 Å². The number of carbonyl (C=O) groups excluding carboxylic acids is 1. The molecule has 1 aliphatic rings. The third-order valence-corrected chi connectivity index (χ3v) is 5.48. The monoisotopic (exact) mass is 373 g/mol. The molecule has 1 amide bonds. The van der Waals surface area contributed by atoms with Crippen LogP contribution < -0.4 is 9.64 Å². The van der Waals surface area contributed by atoms with Crippen LogP contribution in [0.2, 0.25) is 0 Å². The molecule has 140 valence electrons. The summed E-state index contributed by atoms with van der Waals surface area (Å²) in [6, 6.07) is 6.07. The van der Waals surface area contributed by atoms with E-state index in [9.17, 15) is 4.79 Å². The highest BCUT2D eigenvalue weighted by Gasteiger charge is 2.33. The lowest BCUT2D eigenvalue weighted by Crippen LogP contribution is -2.46. The Bertz CT molecular complexity index is 800. The molecule has 0 saturated carbocycles. The molecule has 1 atom stereocenters. The maximum Gasteiger partial charge on any atom is 0.268 e. The Hall–Kier alpha value is -1.92. The molecule has 1 aromatic carbocycles. The molecule has 26 heavy (non-hydrogen) atoms. The zero-order valence-corrected chi connectivity index (χ0v) is 17.0. The van der Waals surface area contributed by atoms with E-state index < -0.39 is 6.10 Å². The number of hydrogen-bond acceptors (Lipinski definition) is 5. The summed E-state index contributed by atoms with van der Waals surface area (Å²) < 4.78 is 5.96. The van der Waals surface area contributed by atoms with Crippen molar-refractivity contribution in [2.75, 3.05) is 32.1 Å². The molecule has 2 aromatic rings. The largest absolute Gasteiger partial charge is 0.478 e. The lowest BCUT2D eigenvalue weighted by molar-refractivity contribution is -0.126. The van der Waals surface area contributed by atoms with Crippen molar-refractivity contribution in [2.45, 2.75) is 39.7 Å². The molecule has 0 spiro atoms. The van der Waals surface area contributed by atoms with Gasteiger partial charge in [0.05, 0.1) is 16.4 Å². The van der Waals surface area contributed by atoms with Crippen molar-refractivity contribution in [1.29, 1.82) is 0 Å². The molecule has 0 N–H and O–H groups in total. The summed E-state index contributed by atoms with van der Waals surface area (Å²) in [7, 11) is 4.10. The van der Waals surface area contributed by atoms with E-state index in [-0.39, 0.29) is 5.91 Å². The average Bonchev–Trinajstić information content (AvgIpc) is 2.94. The second-order valence-corrected chi connectivity index (χ2v) is 8.39. The number of anilines is 1. The van der Waals surface area contributed by atoms with Crippen LogP contribution >= 0.6 is 11.3 Å². The second kappa shape index (κ2) is 7.76. The first kappa shape index (κ1) is 18.9. The molecule has 0 aliphatic carbocycles. The van der Waals surface area contributed by atoms with Gasteiger partial charge in [-0.1, -0.05) is 6.92 Å². The van der Waals surface area contributed by atoms with Crippen molar-refractivity contribution in [3.63, 3.8) is 0 Å². The molecule has 0 radical (unpaired) electrons. The topological polar surface area (TPSA) is 45.7 Å². The number of aromatic nitrogens is 1. The molecule has 6 heteroatoms. The van der Waals surface area contributed by atoms with E-state index in [4.69, 9.17) is 4.74 Å². The van der Waals surface area contributed by atoms with Crippen LogP contribution in [-0.4, -0.2) is 49.1 Å². The summed E-state index contributed by atoms with van der Waals surface area (Å²) >= 11 is 1.70. The number of nitrogens with zero attached hydrogens (tertiary/aromatic N) is 3. The summed E-state index contributed by atoms with van der Waals surface area (Å²) in [6.45, 7) is 7.74. The van der Waals surface area contributed by atoms with Gasteiger partial charge >= 0.3 is 0 Å². The van der Waals surface area contributed by atoms with Gasteiger partial charge in [0.25, 0.3) is 5.91 Å². The summed E-state index contributed by atoms with van der Waals surface area (Å²) in [6.07, 6.45) is 1.21. The number of rotatable bonds is 6. The number of benzene rings is 1. The van der Waals surface area contributed by atoms with Gasteiger partial charge in [-0.25, -0.2) is 4.98 Å². The van der Waals surface area contributed by atoms with Crippen LogP contribution in [0.1, 0.15) is 29.7 Å². The van der Waals surface area contributed by atoms with E-state index in [2.05, 4.69) is 37.0 Å². The lowest BCUT2D eigenvalue weighted by Gasteiger charge is -2.34. The smallest absolute Gasteiger partial charge is 0.268 e. The number of amides is 1. The first-order valence-corrected chi connectivity index (χ1v) is 9.93. The summed E-state index contributed by atoms with van der Waals surface area (Å²) in [5.41, 5.74) is 2.89. The predicted octanol–water partition coefficient (Wildman–Crippen LogP) is 3.88. The highest BCUT2D eigenvalue weighted by Crippen LogP contribution is 2.39. The Morgan fingerprint density at radius 3 is 2.69 bits per heavy atom. The minimum atomic E-state index is -0.393. The maximum absolute atomic E-state index is 12.9. The van der Waals surface area contributed by atoms with Crippen LogP contribution in [-0.2, 0) is 4.79 Å². The van der Waals surface area contributed by atoms with E-state index in [1.807, 2.05) is 30.9 Å². The van der Waals surface area contributed by atoms with E-state index in [0.717, 1.165) is 40.7 Å². The highest BCUT2D eigenvalue weighted by molar-refractivity contribution is 7.11. The van der Waals surface area contributed by atoms with E-state index in [0.29, 0.717) is 13.0 Å². The van der Waals surface area contributed by atoms with Gasteiger partial charge in [0.1, 0.15) is 5.75 Å². The first-order chi connectivity index (χ1) is 12.4. The van der Waals surface area contributed by atoms with Crippen LogP contribution in [0, 0.1) is 13.8 Å². The number of hydrogen-bond donors (Lipinski definition) is 0. The average molecular weight is 374 g/mol. The summed E-state index contributed by atoms with van der Waals surface area (Å²) in [5.74, 6) is 0.844. The number of carbonyl (C=O) groups is 1. The molecule has 1 unspecified atom stereocenters. The number of ether oxygens (including phenoxy) is 1. The number of aryl methyl sites for hydroxylation is 2. The van der Waals surface area contributed by atoms with E-state index in [1.54, 1.807) is 11.3 Å². The summed E-state index contributed by atoms with van der Waals surface area (Å²) in [4.78, 5) is 22.8. The fourth-order valence-electron chi connectivity index (χ4n) is 3.30. The Balaban J connectivity index is 1.96.